The summed E-state index contributed by atoms with van der Waals surface area (Å²) >= 11 is 0. The molecule has 1 atom stereocenters. The van der Waals surface area contributed by atoms with Crippen LogP contribution in [0.3, 0.4) is 0 Å². The lowest BCUT2D eigenvalue weighted by Crippen LogP contribution is -2.10. The fraction of sp³-hybridized carbons (Fsp3) is 0.222. The molecule has 1 aromatic rings. The highest BCUT2D eigenvalue weighted by molar-refractivity contribution is 5.94. The molecule has 0 bridgehead atoms. The van der Waals surface area contributed by atoms with Gasteiger partial charge in [0.1, 0.15) is 23.7 Å². The smallest absolute Gasteiger partial charge is 0.343 e. The Morgan fingerprint density at radius 1 is 1.57 bits per heavy atom. The van der Waals surface area contributed by atoms with Gasteiger partial charge in [0.2, 0.25) is 0 Å². The Labute approximate surface area is 79.7 Å². The van der Waals surface area contributed by atoms with E-state index >= 15 is 0 Å². The first-order valence-electron chi connectivity index (χ1n) is 4.09. The number of phenols is 1. The van der Waals surface area contributed by atoms with E-state index in [1.807, 2.05) is 0 Å². The molecule has 1 aliphatic heterocycles. The summed E-state index contributed by atoms with van der Waals surface area (Å²) in [5.41, 5.74) is 6.08. The van der Waals surface area contributed by atoms with Crippen molar-refractivity contribution in [2.45, 2.75) is 6.04 Å². The quantitative estimate of drug-likeness (QED) is 0.606. The first kappa shape index (κ1) is 8.83. The highest BCUT2D eigenvalue weighted by Gasteiger charge is 2.28. The summed E-state index contributed by atoms with van der Waals surface area (Å²) in [6.45, 7) is 0.249. The molecular formula is C9H9NO4. The zero-order valence-electron chi connectivity index (χ0n) is 7.23. The molecule has 0 spiro atoms. The molecule has 2 rings (SSSR count). The summed E-state index contributed by atoms with van der Waals surface area (Å²) in [5, 5.41) is 18.2. The van der Waals surface area contributed by atoms with Crippen molar-refractivity contribution >= 4 is 5.97 Å². The van der Waals surface area contributed by atoms with Gasteiger partial charge in [-0.15, -0.1) is 0 Å². The van der Waals surface area contributed by atoms with Crippen LogP contribution in [-0.2, 0) is 0 Å². The molecule has 0 aliphatic carbocycles. The van der Waals surface area contributed by atoms with E-state index in [2.05, 4.69) is 0 Å². The summed E-state index contributed by atoms with van der Waals surface area (Å²) in [6, 6.07) is 2.58. The number of nitrogens with two attached hydrogens (primary N) is 1. The molecule has 5 nitrogen and oxygen atoms in total. The lowest BCUT2D eigenvalue weighted by molar-refractivity contribution is 0.0690. The zero-order valence-corrected chi connectivity index (χ0v) is 7.23. The molecule has 4 N–H and O–H groups in total. The average Bonchev–Trinajstić information content (AvgIpc) is 2.47. The van der Waals surface area contributed by atoms with Crippen LogP contribution in [0.1, 0.15) is 22.0 Å². The summed E-state index contributed by atoms with van der Waals surface area (Å²) in [6.07, 6.45) is 0. The number of carboxylic acids is 1. The van der Waals surface area contributed by atoms with Crippen molar-refractivity contribution in [3.05, 3.63) is 23.3 Å². The van der Waals surface area contributed by atoms with Crippen molar-refractivity contribution in [3.8, 4) is 11.5 Å². The van der Waals surface area contributed by atoms with Crippen molar-refractivity contribution in [1.82, 2.24) is 0 Å². The number of fused-ring (bicyclic) bond motifs is 1. The van der Waals surface area contributed by atoms with Crippen molar-refractivity contribution in [1.29, 1.82) is 0 Å². The standard InChI is InChI=1S/C9H9NO4/c10-5-3-14-8-4(5)1-2-6(11)7(8)9(12)13/h1-2,5,11H,3,10H2,(H,12,13)/t5-/m0/s1. The number of aromatic carboxylic acids is 1. The van der Waals surface area contributed by atoms with Crippen molar-refractivity contribution in [2.24, 2.45) is 5.73 Å². The van der Waals surface area contributed by atoms with E-state index in [1.54, 1.807) is 6.07 Å². The van der Waals surface area contributed by atoms with Gasteiger partial charge in [-0.05, 0) is 12.1 Å². The van der Waals surface area contributed by atoms with Crippen molar-refractivity contribution in [3.63, 3.8) is 0 Å². The molecule has 0 amide bonds. The third-order valence-corrected chi connectivity index (χ3v) is 2.19. The van der Waals surface area contributed by atoms with E-state index in [-0.39, 0.29) is 29.7 Å². The van der Waals surface area contributed by atoms with Gasteiger partial charge in [-0.25, -0.2) is 4.79 Å². The third-order valence-electron chi connectivity index (χ3n) is 2.19. The van der Waals surface area contributed by atoms with Gasteiger partial charge in [-0.2, -0.15) is 0 Å². The number of aromatic hydroxyl groups is 1. The summed E-state index contributed by atoms with van der Waals surface area (Å²) < 4.78 is 5.12. The fourth-order valence-electron chi connectivity index (χ4n) is 1.51. The van der Waals surface area contributed by atoms with E-state index in [9.17, 15) is 9.90 Å². The topological polar surface area (TPSA) is 92.8 Å². The number of carbonyl (C=O) groups is 1. The lowest BCUT2D eigenvalue weighted by Gasteiger charge is -2.05. The molecule has 1 heterocycles. The molecule has 0 aromatic heterocycles. The molecule has 5 heteroatoms. The molecule has 0 unspecified atom stereocenters. The van der Waals surface area contributed by atoms with Crippen molar-refractivity contribution < 1.29 is 19.7 Å². The number of carboxylic acid groups (broad SMARTS) is 1. The normalized spacial score (nSPS) is 18.8. The van der Waals surface area contributed by atoms with Crippen LogP contribution in [-0.4, -0.2) is 22.8 Å². The second kappa shape index (κ2) is 2.88. The minimum absolute atomic E-state index is 0.185. The minimum atomic E-state index is -1.21. The first-order chi connectivity index (χ1) is 6.61. The lowest BCUT2D eigenvalue weighted by atomic mass is 10.0. The van der Waals surface area contributed by atoms with E-state index < -0.39 is 5.97 Å². The van der Waals surface area contributed by atoms with Crippen LogP contribution in [0.5, 0.6) is 11.5 Å². The number of hydrogen-bond acceptors (Lipinski definition) is 4. The van der Waals surface area contributed by atoms with Crippen LogP contribution in [0.4, 0.5) is 0 Å². The van der Waals surface area contributed by atoms with Crippen LogP contribution in [0.2, 0.25) is 0 Å². The highest BCUT2D eigenvalue weighted by atomic mass is 16.5. The van der Waals surface area contributed by atoms with Crippen LogP contribution in [0.25, 0.3) is 0 Å². The molecule has 1 aliphatic rings. The van der Waals surface area contributed by atoms with Crippen LogP contribution >= 0.6 is 0 Å². The van der Waals surface area contributed by atoms with Gasteiger partial charge < -0.3 is 20.7 Å². The van der Waals surface area contributed by atoms with E-state index in [1.165, 1.54) is 6.07 Å². The van der Waals surface area contributed by atoms with Crippen LogP contribution in [0.15, 0.2) is 12.1 Å². The fourth-order valence-corrected chi connectivity index (χ4v) is 1.51. The van der Waals surface area contributed by atoms with Crippen LogP contribution in [0, 0.1) is 0 Å². The summed E-state index contributed by atoms with van der Waals surface area (Å²) in [7, 11) is 0. The van der Waals surface area contributed by atoms with Gasteiger partial charge >= 0.3 is 5.97 Å². The number of hydrogen-bond donors (Lipinski definition) is 3. The molecule has 0 saturated heterocycles. The molecule has 74 valence electrons. The average molecular weight is 195 g/mol. The maximum atomic E-state index is 10.8. The highest BCUT2D eigenvalue weighted by Crippen LogP contribution is 2.38. The molecule has 1 aromatic carbocycles. The van der Waals surface area contributed by atoms with Gasteiger partial charge in [0.25, 0.3) is 0 Å². The summed E-state index contributed by atoms with van der Waals surface area (Å²) in [5.74, 6) is -1.33. The Bertz CT molecular complexity index is 402. The van der Waals surface area contributed by atoms with E-state index in [0.717, 1.165) is 0 Å². The van der Waals surface area contributed by atoms with Gasteiger partial charge in [-0.1, -0.05) is 0 Å². The maximum Gasteiger partial charge on any atom is 0.343 e. The monoisotopic (exact) mass is 195 g/mol. The Balaban J connectivity index is 2.65. The SMILES string of the molecule is N[C@H]1COc2c1ccc(O)c2C(=O)O. The largest absolute Gasteiger partial charge is 0.507 e. The second-order valence-electron chi connectivity index (χ2n) is 3.10. The maximum absolute atomic E-state index is 10.8. The van der Waals surface area contributed by atoms with E-state index in [0.29, 0.717) is 5.56 Å². The predicted octanol–water partition coefficient (Wildman–Crippen LogP) is 0.483. The number of ether oxygens (including phenoxy) is 1. The zero-order chi connectivity index (χ0) is 10.3. The predicted molar refractivity (Wildman–Crippen MR) is 47.5 cm³/mol. The molecular weight excluding hydrogens is 186 g/mol. The molecule has 0 saturated carbocycles. The molecule has 0 fully saturated rings. The van der Waals surface area contributed by atoms with Crippen LogP contribution < -0.4 is 10.5 Å². The molecule has 14 heavy (non-hydrogen) atoms. The van der Waals surface area contributed by atoms with Gasteiger partial charge in [0, 0.05) is 5.56 Å². The summed E-state index contributed by atoms with van der Waals surface area (Å²) in [4.78, 5) is 10.8. The van der Waals surface area contributed by atoms with Gasteiger partial charge in [0.15, 0.2) is 0 Å². The Morgan fingerprint density at radius 3 is 2.93 bits per heavy atom. The minimum Gasteiger partial charge on any atom is -0.507 e. The Hall–Kier alpha value is -1.75. The first-order valence-corrected chi connectivity index (χ1v) is 4.09. The molecule has 0 radical (unpaired) electrons. The second-order valence-corrected chi connectivity index (χ2v) is 3.10. The Kier molecular flexibility index (Phi) is 1.82. The van der Waals surface area contributed by atoms with Gasteiger partial charge in [-0.3, -0.25) is 0 Å². The third kappa shape index (κ3) is 1.10. The number of benzene rings is 1. The Morgan fingerprint density at radius 2 is 2.29 bits per heavy atom. The van der Waals surface area contributed by atoms with Gasteiger partial charge in [0.05, 0.1) is 6.04 Å². The number of rotatable bonds is 1. The van der Waals surface area contributed by atoms with E-state index in [4.69, 9.17) is 15.6 Å². The van der Waals surface area contributed by atoms with Crippen molar-refractivity contribution in [2.75, 3.05) is 6.61 Å².